The molecule has 2 fully saturated rings. The van der Waals surface area contributed by atoms with Crippen molar-refractivity contribution in [2.45, 2.75) is 97.3 Å². The summed E-state index contributed by atoms with van der Waals surface area (Å²) in [7, 11) is 0.315. The lowest BCUT2D eigenvalue weighted by Crippen LogP contribution is -2.45. The van der Waals surface area contributed by atoms with Crippen LogP contribution in [0.1, 0.15) is 93.6 Å². The molecule has 0 unspecified atom stereocenters. The Balaban J connectivity index is 1.46. The predicted molar refractivity (Wildman–Crippen MR) is 179 cm³/mol. The second-order valence-corrected chi connectivity index (χ2v) is 16.6. The van der Waals surface area contributed by atoms with Gasteiger partial charge < -0.3 is 13.9 Å². The molecule has 6 heteroatoms. The molecule has 43 heavy (non-hydrogen) atoms. The minimum Gasteiger partial charge on any atom is -0.497 e. The summed E-state index contributed by atoms with van der Waals surface area (Å²) in [6.45, 7) is 15.6. The van der Waals surface area contributed by atoms with Crippen molar-refractivity contribution in [2.24, 2.45) is 11.3 Å². The predicted octanol–water partition coefficient (Wildman–Crippen LogP) is 8.12. The number of likely N-dealkylation sites (tertiary alicyclic amines) is 1. The lowest BCUT2D eigenvalue weighted by Gasteiger charge is -2.48. The molecule has 0 spiro atoms. The van der Waals surface area contributed by atoms with E-state index in [9.17, 15) is 4.79 Å². The van der Waals surface area contributed by atoms with Gasteiger partial charge in [0.25, 0.3) is 0 Å². The van der Waals surface area contributed by atoms with Crippen molar-refractivity contribution in [3.63, 3.8) is 0 Å². The summed E-state index contributed by atoms with van der Waals surface area (Å²) < 4.78 is 18.7. The van der Waals surface area contributed by atoms with E-state index < -0.39 is 9.04 Å². The van der Waals surface area contributed by atoms with Gasteiger partial charge in [0.05, 0.1) is 12.7 Å². The Labute approximate surface area is 261 Å². The summed E-state index contributed by atoms with van der Waals surface area (Å²) in [5.41, 5.74) is 4.94. The maximum Gasteiger partial charge on any atom is 0.193 e. The van der Waals surface area contributed by atoms with Gasteiger partial charge in [-0.3, -0.25) is 9.69 Å². The number of rotatable bonds is 10. The monoisotopic (exact) mass is 603 g/mol. The van der Waals surface area contributed by atoms with Crippen molar-refractivity contribution in [3.05, 3.63) is 64.7 Å². The fourth-order valence-corrected chi connectivity index (χ4v) is 8.90. The number of ether oxygens (including phenoxy) is 2. The number of methoxy groups -OCH3 is 1. The summed E-state index contributed by atoms with van der Waals surface area (Å²) in [5, 5.41) is 0. The highest BCUT2D eigenvalue weighted by Gasteiger charge is 2.45. The Morgan fingerprint density at radius 2 is 1.63 bits per heavy atom. The summed E-state index contributed by atoms with van der Waals surface area (Å²) in [5.74, 6) is 2.42. The van der Waals surface area contributed by atoms with E-state index in [1.165, 1.54) is 43.5 Å². The molecular formula is C37H53NO4Si. The number of benzene rings is 2. The summed E-state index contributed by atoms with van der Waals surface area (Å²) in [6.07, 6.45) is 9.90. The first-order valence-electron chi connectivity index (χ1n) is 16.7. The first-order chi connectivity index (χ1) is 20.6. The van der Waals surface area contributed by atoms with Gasteiger partial charge in [-0.1, -0.05) is 33.3 Å². The van der Waals surface area contributed by atoms with E-state index in [4.69, 9.17) is 13.9 Å². The minimum absolute atomic E-state index is 0.0901. The highest BCUT2D eigenvalue weighted by molar-refractivity contribution is 6.48. The van der Waals surface area contributed by atoms with E-state index in [1.54, 1.807) is 7.11 Å². The Hall–Kier alpha value is -2.41. The number of hydrogen-bond acceptors (Lipinski definition) is 5. The number of hydrogen-bond donors (Lipinski definition) is 0. The average molecular weight is 604 g/mol. The van der Waals surface area contributed by atoms with E-state index >= 15 is 0 Å². The second kappa shape index (κ2) is 13.7. The first kappa shape index (κ1) is 32.0. The Morgan fingerprint density at radius 1 is 0.953 bits per heavy atom. The molecule has 1 heterocycles. The Bertz CT molecular complexity index is 1280. The fourth-order valence-electron chi connectivity index (χ4n) is 7.62. The van der Waals surface area contributed by atoms with Gasteiger partial charge in [-0.05, 0) is 142 Å². The number of ketones is 1. The summed E-state index contributed by atoms with van der Waals surface area (Å²) in [6, 6.07) is 14.0. The van der Waals surface area contributed by atoms with Crippen LogP contribution in [0.15, 0.2) is 48.0 Å². The van der Waals surface area contributed by atoms with Crippen molar-refractivity contribution in [3.8, 4) is 11.5 Å². The number of carbonyl (C=O) groups excluding carboxylic acids is 1. The maximum atomic E-state index is 14.6. The number of Topliss-reactive ketones (excluding diaryl/α,β-unsaturated/α-hetero) is 1. The van der Waals surface area contributed by atoms with Crippen LogP contribution in [-0.2, 0) is 10.8 Å². The normalized spacial score (nSPS) is 23.3. The maximum absolute atomic E-state index is 14.6. The van der Waals surface area contributed by atoms with Crippen molar-refractivity contribution in [1.29, 1.82) is 0 Å². The highest BCUT2D eigenvalue weighted by Crippen LogP contribution is 2.50. The summed E-state index contributed by atoms with van der Waals surface area (Å²) >= 11 is 0. The van der Waals surface area contributed by atoms with Crippen LogP contribution in [0.4, 0.5) is 0 Å². The Kier molecular flexibility index (Phi) is 10.2. The number of nitrogens with zero attached hydrogens (tertiary/aromatic N) is 1. The molecule has 0 aromatic heterocycles. The zero-order valence-electron chi connectivity index (χ0n) is 27.5. The largest absolute Gasteiger partial charge is 0.497 e. The number of allylic oxidation sites excluding steroid dienone is 1. The lowest BCUT2D eigenvalue weighted by atomic mass is 9.64. The molecule has 2 aromatic rings. The van der Waals surface area contributed by atoms with E-state index in [-0.39, 0.29) is 16.8 Å². The van der Waals surface area contributed by atoms with Crippen molar-refractivity contribution in [2.75, 3.05) is 33.4 Å². The Morgan fingerprint density at radius 3 is 2.26 bits per heavy atom. The molecule has 1 saturated heterocycles. The summed E-state index contributed by atoms with van der Waals surface area (Å²) in [4.78, 5) is 17.1. The smallest absolute Gasteiger partial charge is 0.193 e. The third-order valence-corrected chi connectivity index (χ3v) is 10.9. The molecule has 2 aromatic carbocycles. The fraction of sp³-hybridized carbons (Fsp3) is 0.595. The standard InChI is InChI=1S/C37H53NO4Si/c1-36(2,3)29-18-20-37(21-19-29,42-43(5)6)33-17-12-28-26-31(40-4)15-16-32(28)34(33)35(39)27-10-13-30(14-11-27)41-25-24-38-22-8-7-9-23-38/h10-11,13-16,26,29,43H,7-9,12,17-25H2,1-6H3. The van der Waals surface area contributed by atoms with Gasteiger partial charge in [-0.2, -0.15) is 0 Å². The number of aryl methyl sites for hydroxylation is 1. The minimum atomic E-state index is -1.39. The molecule has 0 radical (unpaired) electrons. The number of fused-ring (bicyclic) bond motifs is 1. The van der Waals surface area contributed by atoms with Crippen LogP contribution < -0.4 is 9.47 Å². The van der Waals surface area contributed by atoms with Crippen LogP contribution in [0.25, 0.3) is 5.57 Å². The molecule has 1 saturated carbocycles. The zero-order chi connectivity index (χ0) is 30.6. The quantitative estimate of drug-likeness (QED) is 0.203. The van der Waals surface area contributed by atoms with Crippen molar-refractivity contribution < 1.29 is 18.7 Å². The van der Waals surface area contributed by atoms with E-state index in [2.05, 4.69) is 50.9 Å². The molecule has 2 aliphatic carbocycles. The van der Waals surface area contributed by atoms with Gasteiger partial charge in [0.15, 0.2) is 14.8 Å². The first-order valence-corrected chi connectivity index (χ1v) is 19.5. The van der Waals surface area contributed by atoms with Crippen LogP contribution in [0.2, 0.25) is 13.1 Å². The van der Waals surface area contributed by atoms with Crippen molar-refractivity contribution >= 4 is 20.4 Å². The molecule has 3 aliphatic rings. The van der Waals surface area contributed by atoms with Gasteiger partial charge in [0.1, 0.15) is 18.1 Å². The number of carbonyl (C=O) groups is 1. The van der Waals surface area contributed by atoms with E-state index in [0.717, 1.165) is 67.7 Å². The van der Waals surface area contributed by atoms with Crippen LogP contribution >= 0.6 is 0 Å². The molecule has 5 nitrogen and oxygen atoms in total. The molecule has 0 amide bonds. The molecular weight excluding hydrogens is 550 g/mol. The highest BCUT2D eigenvalue weighted by atomic mass is 28.3. The molecule has 1 aliphatic heterocycles. The molecule has 5 rings (SSSR count). The van der Waals surface area contributed by atoms with Crippen LogP contribution in [0, 0.1) is 11.3 Å². The second-order valence-electron chi connectivity index (χ2n) is 14.3. The average Bonchev–Trinajstić information content (AvgIpc) is 3.00. The molecule has 0 atom stereocenters. The molecule has 234 valence electrons. The third-order valence-electron chi connectivity index (χ3n) is 10.0. The van der Waals surface area contributed by atoms with Crippen LogP contribution in [-0.4, -0.2) is 58.7 Å². The van der Waals surface area contributed by atoms with Gasteiger partial charge in [0.2, 0.25) is 0 Å². The lowest BCUT2D eigenvalue weighted by molar-refractivity contribution is 0.0215. The molecule has 0 N–H and O–H groups in total. The van der Waals surface area contributed by atoms with Crippen LogP contribution in [0.5, 0.6) is 11.5 Å². The topological polar surface area (TPSA) is 48.0 Å². The van der Waals surface area contributed by atoms with Gasteiger partial charge in [-0.25, -0.2) is 0 Å². The zero-order valence-corrected chi connectivity index (χ0v) is 28.6. The van der Waals surface area contributed by atoms with Gasteiger partial charge >= 0.3 is 0 Å². The number of piperidine rings is 1. The van der Waals surface area contributed by atoms with Crippen LogP contribution in [0.3, 0.4) is 0 Å². The third kappa shape index (κ3) is 7.46. The van der Waals surface area contributed by atoms with E-state index in [0.29, 0.717) is 18.1 Å². The van der Waals surface area contributed by atoms with Crippen molar-refractivity contribution in [1.82, 2.24) is 4.90 Å². The van der Waals surface area contributed by atoms with E-state index in [1.807, 2.05) is 30.3 Å². The van der Waals surface area contributed by atoms with Gasteiger partial charge in [0, 0.05) is 17.7 Å². The molecule has 0 bridgehead atoms. The van der Waals surface area contributed by atoms with Gasteiger partial charge in [-0.15, -0.1) is 0 Å². The SMILES string of the molecule is COc1ccc2c(c1)CCC(C1(O[SiH](C)C)CCC(C(C)(C)C)CC1)=C2C(=O)c1ccc(OCCN2CCCCC2)cc1.